The van der Waals surface area contributed by atoms with E-state index < -0.39 is 0 Å². The zero-order valence-corrected chi connectivity index (χ0v) is 15.4. The summed E-state index contributed by atoms with van der Waals surface area (Å²) in [5.41, 5.74) is 2.56. The Balaban J connectivity index is 1.29. The summed E-state index contributed by atoms with van der Waals surface area (Å²) in [6.07, 6.45) is 6.32. The molecular weight excluding hydrogens is 364 g/mol. The third-order valence-corrected chi connectivity index (χ3v) is 6.06. The number of anilines is 1. The van der Waals surface area contributed by atoms with Gasteiger partial charge in [0.25, 0.3) is 5.91 Å². The fourth-order valence-corrected chi connectivity index (χ4v) is 4.40. The topological polar surface area (TPSA) is 94.8 Å². The molecule has 2 aliphatic rings. The smallest absolute Gasteiger partial charge is 0.255 e. The zero-order valence-electron chi connectivity index (χ0n) is 14.5. The summed E-state index contributed by atoms with van der Waals surface area (Å²) in [5.74, 6) is -0.0953. The second-order valence-corrected chi connectivity index (χ2v) is 7.87. The fraction of sp³-hybridized carbons (Fsp3) is 0.389. The standard InChI is InChI=1S/C18H18N6O2S/c25-16(15-5-8-18(26-15)6-2-7-18)21-17-20-14(10-27-17)12-3-1-4-13(9-12)24-11-19-22-23-24/h1,3-4,9-11,15H,2,5-8H2,(H,20,21,25). The number of carbonyl (C=O) groups excluding carboxylic acids is 1. The molecule has 9 heteroatoms. The molecule has 138 valence electrons. The molecule has 3 heterocycles. The van der Waals surface area contributed by atoms with Gasteiger partial charge in [0.15, 0.2) is 5.13 Å². The average molecular weight is 382 g/mol. The first-order valence-electron chi connectivity index (χ1n) is 8.99. The van der Waals surface area contributed by atoms with Crippen LogP contribution in [0.2, 0.25) is 0 Å². The van der Waals surface area contributed by atoms with Crippen LogP contribution in [0.1, 0.15) is 32.1 Å². The lowest BCUT2D eigenvalue weighted by Crippen LogP contribution is -2.39. The molecule has 1 unspecified atom stereocenters. The molecule has 1 N–H and O–H groups in total. The highest BCUT2D eigenvalue weighted by Crippen LogP contribution is 2.45. The highest BCUT2D eigenvalue weighted by Gasteiger charge is 2.46. The van der Waals surface area contributed by atoms with E-state index in [1.54, 1.807) is 11.0 Å². The van der Waals surface area contributed by atoms with E-state index in [1.165, 1.54) is 17.8 Å². The number of nitrogens with one attached hydrogen (secondary N) is 1. The minimum Gasteiger partial charge on any atom is -0.362 e. The van der Waals surface area contributed by atoms with Crippen LogP contribution in [0.5, 0.6) is 0 Å². The van der Waals surface area contributed by atoms with Crippen LogP contribution in [0.3, 0.4) is 0 Å². The van der Waals surface area contributed by atoms with Crippen molar-refractivity contribution in [2.45, 2.75) is 43.8 Å². The number of hydrogen-bond acceptors (Lipinski definition) is 7. The number of nitrogens with zero attached hydrogens (tertiary/aromatic N) is 5. The number of aromatic nitrogens is 5. The molecular formula is C18H18N6O2S. The Kier molecular flexibility index (Phi) is 3.98. The van der Waals surface area contributed by atoms with Crippen molar-refractivity contribution in [2.24, 2.45) is 0 Å². The highest BCUT2D eigenvalue weighted by atomic mass is 32.1. The maximum atomic E-state index is 12.5. The lowest BCUT2D eigenvalue weighted by atomic mass is 9.78. The second kappa shape index (κ2) is 6.50. The predicted octanol–water partition coefficient (Wildman–Crippen LogP) is 2.83. The summed E-state index contributed by atoms with van der Waals surface area (Å²) in [5, 5.41) is 16.6. The number of ether oxygens (including phenoxy) is 1. The van der Waals surface area contributed by atoms with Gasteiger partial charge in [-0.2, -0.15) is 0 Å². The van der Waals surface area contributed by atoms with Gasteiger partial charge in [-0.15, -0.1) is 16.4 Å². The predicted molar refractivity (Wildman–Crippen MR) is 99.6 cm³/mol. The van der Waals surface area contributed by atoms with Crippen molar-refractivity contribution >= 4 is 22.4 Å². The molecule has 0 bridgehead atoms. The van der Waals surface area contributed by atoms with E-state index in [1.807, 2.05) is 29.6 Å². The van der Waals surface area contributed by atoms with Gasteiger partial charge in [0.1, 0.15) is 12.4 Å². The van der Waals surface area contributed by atoms with E-state index in [4.69, 9.17) is 4.74 Å². The Morgan fingerprint density at radius 1 is 1.33 bits per heavy atom. The van der Waals surface area contributed by atoms with Crippen molar-refractivity contribution in [2.75, 3.05) is 5.32 Å². The van der Waals surface area contributed by atoms with Gasteiger partial charge in [0, 0.05) is 10.9 Å². The number of carbonyl (C=O) groups is 1. The minimum absolute atomic E-state index is 0.0211. The summed E-state index contributed by atoms with van der Waals surface area (Å²) in [4.78, 5) is 17.1. The van der Waals surface area contributed by atoms with Gasteiger partial charge in [-0.3, -0.25) is 10.1 Å². The number of benzene rings is 1. The number of amides is 1. The molecule has 3 aromatic rings. The molecule has 1 aliphatic carbocycles. The van der Waals surface area contributed by atoms with E-state index >= 15 is 0 Å². The molecule has 0 radical (unpaired) electrons. The van der Waals surface area contributed by atoms with Crippen molar-refractivity contribution in [3.05, 3.63) is 36.0 Å². The van der Waals surface area contributed by atoms with E-state index in [0.717, 1.165) is 42.6 Å². The molecule has 5 rings (SSSR count). The van der Waals surface area contributed by atoms with Crippen molar-refractivity contribution < 1.29 is 9.53 Å². The SMILES string of the molecule is O=C(Nc1nc(-c2cccc(-n3cnnn3)c2)cs1)C1CCC2(CCC2)O1. The van der Waals surface area contributed by atoms with Gasteiger partial charge in [-0.1, -0.05) is 12.1 Å². The Hall–Kier alpha value is -2.65. The summed E-state index contributed by atoms with van der Waals surface area (Å²) in [6.45, 7) is 0. The first-order valence-corrected chi connectivity index (χ1v) is 9.87. The first kappa shape index (κ1) is 16.5. The third-order valence-electron chi connectivity index (χ3n) is 5.30. The Morgan fingerprint density at radius 2 is 2.26 bits per heavy atom. The first-order chi connectivity index (χ1) is 13.2. The van der Waals surface area contributed by atoms with Crippen LogP contribution in [0.15, 0.2) is 36.0 Å². The molecule has 1 saturated carbocycles. The Morgan fingerprint density at radius 3 is 3.00 bits per heavy atom. The molecule has 1 amide bonds. The maximum absolute atomic E-state index is 12.5. The van der Waals surface area contributed by atoms with Crippen molar-refractivity contribution in [3.63, 3.8) is 0 Å². The molecule has 1 aliphatic heterocycles. The van der Waals surface area contributed by atoms with E-state index in [2.05, 4.69) is 25.8 Å². The molecule has 8 nitrogen and oxygen atoms in total. The Bertz CT molecular complexity index is 966. The molecule has 2 aromatic heterocycles. The molecule has 27 heavy (non-hydrogen) atoms. The van der Waals surface area contributed by atoms with Gasteiger partial charge in [0.2, 0.25) is 0 Å². The molecule has 1 spiro atoms. The van der Waals surface area contributed by atoms with Crippen LogP contribution in [-0.2, 0) is 9.53 Å². The minimum atomic E-state index is -0.360. The monoisotopic (exact) mass is 382 g/mol. The van der Waals surface area contributed by atoms with Gasteiger partial charge >= 0.3 is 0 Å². The van der Waals surface area contributed by atoms with Crippen molar-refractivity contribution in [1.82, 2.24) is 25.2 Å². The van der Waals surface area contributed by atoms with Gasteiger partial charge in [0.05, 0.1) is 17.0 Å². The fourth-order valence-electron chi connectivity index (χ4n) is 3.67. The van der Waals surface area contributed by atoms with Gasteiger partial charge in [-0.25, -0.2) is 9.67 Å². The van der Waals surface area contributed by atoms with E-state index in [-0.39, 0.29) is 17.6 Å². The van der Waals surface area contributed by atoms with Crippen LogP contribution in [0.25, 0.3) is 16.9 Å². The number of rotatable bonds is 4. The number of tetrazole rings is 1. The summed E-state index contributed by atoms with van der Waals surface area (Å²) in [6, 6.07) is 7.77. The van der Waals surface area contributed by atoms with Crippen LogP contribution in [-0.4, -0.2) is 42.8 Å². The van der Waals surface area contributed by atoms with Crippen molar-refractivity contribution in [3.8, 4) is 16.9 Å². The summed E-state index contributed by atoms with van der Waals surface area (Å²) in [7, 11) is 0. The highest BCUT2D eigenvalue weighted by molar-refractivity contribution is 7.14. The van der Waals surface area contributed by atoms with Crippen LogP contribution in [0, 0.1) is 0 Å². The summed E-state index contributed by atoms with van der Waals surface area (Å²) >= 11 is 1.41. The lowest BCUT2D eigenvalue weighted by molar-refractivity contribution is -0.138. The normalized spacial score (nSPS) is 20.5. The van der Waals surface area contributed by atoms with Crippen LogP contribution >= 0.6 is 11.3 Å². The Labute approximate surface area is 159 Å². The van der Waals surface area contributed by atoms with Gasteiger partial charge in [-0.05, 0) is 54.7 Å². The molecule has 1 aromatic carbocycles. The van der Waals surface area contributed by atoms with E-state index in [9.17, 15) is 4.79 Å². The molecule has 1 saturated heterocycles. The lowest BCUT2D eigenvalue weighted by Gasteiger charge is -2.37. The van der Waals surface area contributed by atoms with Crippen LogP contribution in [0.4, 0.5) is 5.13 Å². The average Bonchev–Trinajstić information content (AvgIpc) is 3.40. The zero-order chi connectivity index (χ0) is 18.3. The number of thiazole rings is 1. The third kappa shape index (κ3) is 3.13. The molecule has 1 atom stereocenters. The quantitative estimate of drug-likeness (QED) is 0.746. The number of hydrogen-bond donors (Lipinski definition) is 1. The van der Waals surface area contributed by atoms with Gasteiger partial charge < -0.3 is 4.74 Å². The maximum Gasteiger partial charge on any atom is 0.255 e. The second-order valence-electron chi connectivity index (χ2n) is 7.01. The van der Waals surface area contributed by atoms with E-state index in [0.29, 0.717) is 5.13 Å². The van der Waals surface area contributed by atoms with Crippen molar-refractivity contribution in [1.29, 1.82) is 0 Å². The summed E-state index contributed by atoms with van der Waals surface area (Å²) < 4.78 is 7.60. The van der Waals surface area contributed by atoms with Crippen LogP contribution < -0.4 is 5.32 Å². The largest absolute Gasteiger partial charge is 0.362 e. The molecule has 2 fully saturated rings.